The lowest BCUT2D eigenvalue weighted by Gasteiger charge is -2.06. The molecule has 2 N–H and O–H groups in total. The molecule has 0 saturated carbocycles. The van der Waals surface area contributed by atoms with Gasteiger partial charge in [-0.05, 0) is 34.5 Å². The fraction of sp³-hybridized carbons (Fsp3) is 0.231. The van der Waals surface area contributed by atoms with Crippen LogP contribution in [0.2, 0.25) is 0 Å². The largest absolute Gasteiger partial charge is 0.508 e. The van der Waals surface area contributed by atoms with Crippen LogP contribution >= 0.6 is 0 Å². The van der Waals surface area contributed by atoms with E-state index in [0.29, 0.717) is 12.2 Å². The maximum absolute atomic E-state index is 9.60. The van der Waals surface area contributed by atoms with Crippen LogP contribution in [0.5, 0.6) is 5.75 Å². The van der Waals surface area contributed by atoms with Crippen molar-refractivity contribution < 1.29 is 14.9 Å². The van der Waals surface area contributed by atoms with Gasteiger partial charge in [0.25, 0.3) is 0 Å². The molecule has 0 aliphatic rings. The Bertz CT molecular complexity index is 506. The van der Waals surface area contributed by atoms with Crippen molar-refractivity contribution in [3.63, 3.8) is 0 Å². The maximum atomic E-state index is 9.60. The molecule has 3 heteroatoms. The Morgan fingerprint density at radius 3 is 2.62 bits per heavy atom. The normalized spacial score (nSPS) is 10.9. The van der Waals surface area contributed by atoms with E-state index in [1.807, 2.05) is 18.2 Å². The van der Waals surface area contributed by atoms with E-state index in [2.05, 4.69) is 0 Å². The molecule has 0 aliphatic heterocycles. The molecule has 16 heavy (non-hydrogen) atoms. The molecule has 0 saturated heterocycles. The highest BCUT2D eigenvalue weighted by atomic mass is 16.5. The first kappa shape index (κ1) is 10.9. The Morgan fingerprint density at radius 1 is 1.12 bits per heavy atom. The average Bonchev–Trinajstić information content (AvgIpc) is 2.29. The third-order valence-corrected chi connectivity index (χ3v) is 2.58. The number of aliphatic hydroxyl groups is 1. The third-order valence-electron chi connectivity index (χ3n) is 2.58. The molecule has 0 heterocycles. The first-order valence-corrected chi connectivity index (χ1v) is 5.09. The van der Waals surface area contributed by atoms with Gasteiger partial charge < -0.3 is 14.9 Å². The van der Waals surface area contributed by atoms with Gasteiger partial charge in [-0.25, -0.2) is 0 Å². The van der Waals surface area contributed by atoms with Crippen molar-refractivity contribution in [3.8, 4) is 5.75 Å². The van der Waals surface area contributed by atoms with E-state index < -0.39 is 0 Å². The second kappa shape index (κ2) is 4.51. The molecule has 0 atom stereocenters. The molecule has 0 amide bonds. The van der Waals surface area contributed by atoms with Gasteiger partial charge in [0.15, 0.2) is 0 Å². The molecular weight excluding hydrogens is 204 g/mol. The number of hydrogen-bond donors (Lipinski definition) is 2. The average molecular weight is 218 g/mol. The number of fused-ring (bicyclic) bond motifs is 1. The van der Waals surface area contributed by atoms with Gasteiger partial charge in [0.2, 0.25) is 0 Å². The summed E-state index contributed by atoms with van der Waals surface area (Å²) in [5.74, 6) is 0.134. The van der Waals surface area contributed by atoms with Crippen LogP contribution in [0.1, 0.15) is 11.1 Å². The highest BCUT2D eigenvalue weighted by molar-refractivity contribution is 5.85. The molecule has 0 fully saturated rings. The molecule has 2 aromatic carbocycles. The highest BCUT2D eigenvalue weighted by Gasteiger charge is 2.03. The van der Waals surface area contributed by atoms with Gasteiger partial charge >= 0.3 is 0 Å². The first-order valence-electron chi connectivity index (χ1n) is 5.09. The summed E-state index contributed by atoms with van der Waals surface area (Å²) < 4.78 is 5.06. The number of rotatable bonds is 3. The van der Waals surface area contributed by atoms with Crippen LogP contribution in [0.15, 0.2) is 30.3 Å². The van der Waals surface area contributed by atoms with Gasteiger partial charge in [-0.2, -0.15) is 0 Å². The molecule has 0 spiro atoms. The van der Waals surface area contributed by atoms with E-state index in [4.69, 9.17) is 9.84 Å². The molecule has 3 nitrogen and oxygen atoms in total. The molecule has 0 aliphatic carbocycles. The Labute approximate surface area is 93.9 Å². The predicted octanol–water partition coefficient (Wildman–Crippen LogP) is 2.18. The van der Waals surface area contributed by atoms with Crippen molar-refractivity contribution in [2.24, 2.45) is 0 Å². The molecule has 2 rings (SSSR count). The van der Waals surface area contributed by atoms with E-state index in [1.54, 1.807) is 19.2 Å². The van der Waals surface area contributed by atoms with Gasteiger partial charge in [-0.15, -0.1) is 0 Å². The van der Waals surface area contributed by atoms with Crippen LogP contribution in [0.4, 0.5) is 0 Å². The molecule has 0 unspecified atom stereocenters. The zero-order valence-corrected chi connectivity index (χ0v) is 9.10. The van der Waals surface area contributed by atoms with Crippen LogP contribution in [-0.2, 0) is 18.0 Å². The number of benzene rings is 2. The molecule has 0 radical (unpaired) electrons. The number of phenols is 1. The van der Waals surface area contributed by atoms with Crippen molar-refractivity contribution in [2.75, 3.05) is 7.11 Å². The van der Waals surface area contributed by atoms with E-state index in [9.17, 15) is 5.11 Å². The van der Waals surface area contributed by atoms with Gasteiger partial charge in [0, 0.05) is 12.7 Å². The summed E-state index contributed by atoms with van der Waals surface area (Å²) in [6.07, 6.45) is 0. The highest BCUT2D eigenvalue weighted by Crippen LogP contribution is 2.26. The Balaban J connectivity index is 2.54. The standard InChI is InChI=1S/C13H14O3/c1-16-8-9-2-3-10-6-13(15)12(7-14)5-11(10)4-9/h2-6,14-15H,7-8H2,1H3. The molecule has 84 valence electrons. The summed E-state index contributed by atoms with van der Waals surface area (Å²) in [7, 11) is 1.65. The smallest absolute Gasteiger partial charge is 0.121 e. The van der Waals surface area contributed by atoms with Crippen LogP contribution in [0.25, 0.3) is 10.8 Å². The monoisotopic (exact) mass is 218 g/mol. The lowest BCUT2D eigenvalue weighted by Crippen LogP contribution is -1.89. The van der Waals surface area contributed by atoms with Gasteiger partial charge in [-0.1, -0.05) is 12.1 Å². The number of ether oxygens (including phenoxy) is 1. The zero-order valence-electron chi connectivity index (χ0n) is 9.10. The Kier molecular flexibility index (Phi) is 3.08. The second-order valence-electron chi connectivity index (χ2n) is 3.75. The number of hydrogen-bond acceptors (Lipinski definition) is 3. The van der Waals surface area contributed by atoms with Crippen LogP contribution in [-0.4, -0.2) is 17.3 Å². The summed E-state index contributed by atoms with van der Waals surface area (Å²) in [6.45, 7) is 0.404. The number of methoxy groups -OCH3 is 1. The molecule has 0 aromatic heterocycles. The first-order chi connectivity index (χ1) is 7.74. The Hall–Kier alpha value is -1.58. The second-order valence-corrected chi connectivity index (χ2v) is 3.75. The minimum absolute atomic E-state index is 0.134. The quantitative estimate of drug-likeness (QED) is 0.830. The fourth-order valence-corrected chi connectivity index (χ4v) is 1.77. The fourth-order valence-electron chi connectivity index (χ4n) is 1.77. The van der Waals surface area contributed by atoms with Crippen molar-refractivity contribution in [1.29, 1.82) is 0 Å². The minimum atomic E-state index is -0.156. The van der Waals surface area contributed by atoms with Gasteiger partial charge in [0.05, 0.1) is 13.2 Å². The van der Waals surface area contributed by atoms with Gasteiger partial charge in [0.1, 0.15) is 5.75 Å². The van der Waals surface area contributed by atoms with Crippen molar-refractivity contribution in [2.45, 2.75) is 13.2 Å². The van der Waals surface area contributed by atoms with E-state index in [-0.39, 0.29) is 12.4 Å². The summed E-state index contributed by atoms with van der Waals surface area (Å²) in [4.78, 5) is 0. The van der Waals surface area contributed by atoms with Crippen molar-refractivity contribution in [3.05, 3.63) is 41.5 Å². The number of aromatic hydroxyl groups is 1. The minimum Gasteiger partial charge on any atom is -0.508 e. The SMILES string of the molecule is COCc1ccc2cc(O)c(CO)cc2c1. The molecule has 2 aromatic rings. The lowest BCUT2D eigenvalue weighted by atomic mass is 10.0. The van der Waals surface area contributed by atoms with Crippen molar-refractivity contribution in [1.82, 2.24) is 0 Å². The number of aliphatic hydroxyl groups excluding tert-OH is 1. The van der Waals surface area contributed by atoms with Crippen LogP contribution in [0.3, 0.4) is 0 Å². The summed E-state index contributed by atoms with van der Waals surface area (Å²) in [6, 6.07) is 9.35. The van der Waals surface area contributed by atoms with Crippen LogP contribution in [0, 0.1) is 0 Å². The van der Waals surface area contributed by atoms with Crippen LogP contribution < -0.4 is 0 Å². The predicted molar refractivity (Wildman–Crippen MR) is 62.2 cm³/mol. The zero-order chi connectivity index (χ0) is 11.5. The van der Waals surface area contributed by atoms with E-state index in [0.717, 1.165) is 16.3 Å². The summed E-state index contributed by atoms with van der Waals surface area (Å²) >= 11 is 0. The Morgan fingerprint density at radius 2 is 1.94 bits per heavy atom. The third kappa shape index (κ3) is 2.01. The molecular formula is C13H14O3. The van der Waals surface area contributed by atoms with E-state index in [1.165, 1.54) is 0 Å². The van der Waals surface area contributed by atoms with Crippen molar-refractivity contribution >= 4 is 10.8 Å². The lowest BCUT2D eigenvalue weighted by molar-refractivity contribution is 0.185. The summed E-state index contributed by atoms with van der Waals surface area (Å²) in [5.41, 5.74) is 1.62. The summed E-state index contributed by atoms with van der Waals surface area (Å²) in [5, 5.41) is 20.6. The molecule has 0 bridgehead atoms. The topological polar surface area (TPSA) is 49.7 Å². The maximum Gasteiger partial charge on any atom is 0.121 e. The van der Waals surface area contributed by atoms with Gasteiger partial charge in [-0.3, -0.25) is 0 Å². The van der Waals surface area contributed by atoms with E-state index >= 15 is 0 Å².